The Labute approximate surface area is 118 Å². The fourth-order valence-corrected chi connectivity index (χ4v) is 1.89. The summed E-state index contributed by atoms with van der Waals surface area (Å²) < 4.78 is 0.181. The zero-order chi connectivity index (χ0) is 13.2. The lowest BCUT2D eigenvalue weighted by atomic mass is 9.99. The van der Waals surface area contributed by atoms with Gasteiger partial charge in [-0.15, -0.1) is 12.4 Å². The van der Waals surface area contributed by atoms with E-state index in [1.165, 1.54) is 12.1 Å². The summed E-state index contributed by atoms with van der Waals surface area (Å²) in [5, 5.41) is 30.0. The molecule has 1 rings (SSSR count). The van der Waals surface area contributed by atoms with Crippen LogP contribution in [0.25, 0.3) is 0 Å². The third-order valence-electron chi connectivity index (χ3n) is 2.48. The molecular weight excluding hydrogens is 327 g/mol. The van der Waals surface area contributed by atoms with Crippen molar-refractivity contribution in [1.82, 2.24) is 0 Å². The van der Waals surface area contributed by atoms with Crippen LogP contribution in [0.1, 0.15) is 24.9 Å². The van der Waals surface area contributed by atoms with Crippen LogP contribution in [0.15, 0.2) is 16.6 Å². The molecule has 0 aliphatic rings. The number of rotatable bonds is 4. The van der Waals surface area contributed by atoms with E-state index in [1.54, 1.807) is 6.92 Å². The lowest BCUT2D eigenvalue weighted by Crippen LogP contribution is -2.25. The zero-order valence-electron chi connectivity index (χ0n) is 9.54. The largest absolute Gasteiger partial charge is 0.506 e. The van der Waals surface area contributed by atoms with Crippen molar-refractivity contribution in [1.29, 1.82) is 0 Å². The van der Waals surface area contributed by atoms with Crippen molar-refractivity contribution >= 4 is 34.0 Å². The van der Waals surface area contributed by atoms with Crippen molar-refractivity contribution in [3.63, 3.8) is 0 Å². The molecule has 0 saturated carbocycles. The van der Waals surface area contributed by atoms with E-state index in [1.807, 2.05) is 0 Å². The Morgan fingerprint density at radius 1 is 1.56 bits per heavy atom. The van der Waals surface area contributed by atoms with Gasteiger partial charge in [-0.25, -0.2) is 0 Å². The first-order valence-corrected chi connectivity index (χ1v) is 5.78. The number of hydrogen-bond donors (Lipinski definition) is 3. The molecule has 0 aliphatic carbocycles. The van der Waals surface area contributed by atoms with Gasteiger partial charge in [-0.1, -0.05) is 6.92 Å². The lowest BCUT2D eigenvalue weighted by Gasteiger charge is -2.19. The molecular formula is C10H14BrClN2O4. The molecule has 0 unspecified atom stereocenters. The van der Waals surface area contributed by atoms with Crippen LogP contribution in [-0.4, -0.2) is 21.2 Å². The Morgan fingerprint density at radius 3 is 2.56 bits per heavy atom. The normalized spacial score (nSPS) is 13.6. The third-order valence-corrected chi connectivity index (χ3v) is 3.08. The second-order valence-corrected chi connectivity index (χ2v) is 4.48. The number of halogens is 2. The maximum atomic E-state index is 10.7. The summed E-state index contributed by atoms with van der Waals surface area (Å²) in [6, 6.07) is 1.49. The lowest BCUT2D eigenvalue weighted by molar-refractivity contribution is -0.385. The number of nitrogens with two attached hydrogens (primary N) is 1. The van der Waals surface area contributed by atoms with Crippen LogP contribution in [0.2, 0.25) is 0 Å². The Bertz CT molecular complexity index is 444. The highest BCUT2D eigenvalue weighted by molar-refractivity contribution is 9.10. The van der Waals surface area contributed by atoms with Crippen LogP contribution in [-0.2, 0) is 0 Å². The Kier molecular flexibility index (Phi) is 6.55. The van der Waals surface area contributed by atoms with Gasteiger partial charge in [0.1, 0.15) is 5.75 Å². The fourth-order valence-electron chi connectivity index (χ4n) is 1.43. The number of non-ortho nitro benzene ring substituents is 1. The number of benzene rings is 1. The molecule has 0 aromatic heterocycles. The predicted octanol–water partition coefficient (Wildman–Crippen LogP) is 2.26. The van der Waals surface area contributed by atoms with Crippen LogP contribution in [0.3, 0.4) is 0 Å². The number of nitrogens with zero attached hydrogens (tertiary/aromatic N) is 1. The van der Waals surface area contributed by atoms with Crippen LogP contribution < -0.4 is 5.73 Å². The van der Waals surface area contributed by atoms with Crippen LogP contribution in [0.5, 0.6) is 5.75 Å². The predicted molar refractivity (Wildman–Crippen MR) is 72.9 cm³/mol. The van der Waals surface area contributed by atoms with Gasteiger partial charge >= 0.3 is 0 Å². The SMILES string of the molecule is CC[C@@H](O)[C@@H](N)c1cc([N+](=O)[O-])cc(Br)c1O.Cl. The number of aliphatic hydroxyl groups is 1. The molecule has 0 amide bonds. The minimum atomic E-state index is -0.866. The van der Waals surface area contributed by atoms with Gasteiger partial charge in [0.25, 0.3) is 5.69 Å². The summed E-state index contributed by atoms with van der Waals surface area (Å²) in [7, 11) is 0. The van der Waals surface area contributed by atoms with Crippen molar-refractivity contribution in [3.8, 4) is 5.75 Å². The Balaban J connectivity index is 0.00000289. The van der Waals surface area contributed by atoms with Crippen LogP contribution in [0, 0.1) is 10.1 Å². The summed E-state index contributed by atoms with van der Waals surface area (Å²) >= 11 is 3.01. The molecule has 18 heavy (non-hydrogen) atoms. The highest BCUT2D eigenvalue weighted by Gasteiger charge is 2.23. The Morgan fingerprint density at radius 2 is 2.11 bits per heavy atom. The van der Waals surface area contributed by atoms with E-state index in [-0.39, 0.29) is 33.9 Å². The second-order valence-electron chi connectivity index (χ2n) is 3.62. The van der Waals surface area contributed by atoms with Gasteiger partial charge < -0.3 is 15.9 Å². The standard InChI is InChI=1S/C10H13BrN2O4.ClH/c1-2-8(14)9(12)6-3-5(13(16)17)4-7(11)10(6)15;/h3-4,8-9,14-15H,2,12H2,1H3;1H/t8-,9+;/m1./s1. The summed E-state index contributed by atoms with van der Waals surface area (Å²) in [6.45, 7) is 1.73. The van der Waals surface area contributed by atoms with Crippen molar-refractivity contribution in [2.45, 2.75) is 25.5 Å². The topological polar surface area (TPSA) is 110 Å². The van der Waals surface area contributed by atoms with Gasteiger partial charge in [0.05, 0.1) is 21.5 Å². The second kappa shape index (κ2) is 6.89. The van der Waals surface area contributed by atoms with Gasteiger partial charge in [0, 0.05) is 17.7 Å². The smallest absolute Gasteiger partial charge is 0.271 e. The molecule has 2 atom stereocenters. The van der Waals surface area contributed by atoms with E-state index < -0.39 is 17.1 Å². The number of nitro benzene ring substituents is 1. The van der Waals surface area contributed by atoms with Crippen LogP contribution in [0.4, 0.5) is 5.69 Å². The van der Waals surface area contributed by atoms with E-state index in [0.29, 0.717) is 6.42 Å². The quantitative estimate of drug-likeness (QED) is 0.575. The average Bonchev–Trinajstić information content (AvgIpc) is 2.30. The van der Waals surface area contributed by atoms with Gasteiger partial charge in [-0.3, -0.25) is 10.1 Å². The summed E-state index contributed by atoms with van der Waals surface area (Å²) in [5.41, 5.74) is 5.70. The number of aromatic hydroxyl groups is 1. The maximum Gasteiger partial charge on any atom is 0.271 e. The molecule has 0 spiro atoms. The van der Waals surface area contributed by atoms with Crippen molar-refractivity contribution in [3.05, 3.63) is 32.3 Å². The molecule has 0 radical (unpaired) electrons. The Hall–Kier alpha value is -0.890. The molecule has 0 fully saturated rings. The molecule has 0 heterocycles. The van der Waals surface area contributed by atoms with Gasteiger partial charge in [0.15, 0.2) is 0 Å². The minimum Gasteiger partial charge on any atom is -0.506 e. The first-order valence-electron chi connectivity index (χ1n) is 4.98. The molecule has 4 N–H and O–H groups in total. The minimum absolute atomic E-state index is 0. The summed E-state index contributed by atoms with van der Waals surface area (Å²) in [4.78, 5) is 10.1. The monoisotopic (exact) mass is 340 g/mol. The van der Waals surface area contributed by atoms with Gasteiger partial charge in [0.2, 0.25) is 0 Å². The maximum absolute atomic E-state index is 10.7. The zero-order valence-corrected chi connectivity index (χ0v) is 11.9. The number of phenols is 1. The molecule has 0 aliphatic heterocycles. The molecule has 8 heteroatoms. The van der Waals surface area contributed by atoms with E-state index in [4.69, 9.17) is 5.73 Å². The average molecular weight is 342 g/mol. The van der Waals surface area contributed by atoms with Crippen LogP contribution >= 0.6 is 28.3 Å². The number of nitro groups is 1. The molecule has 0 saturated heterocycles. The molecule has 0 bridgehead atoms. The van der Waals surface area contributed by atoms with Crippen molar-refractivity contribution in [2.24, 2.45) is 5.73 Å². The molecule has 1 aromatic rings. The van der Waals surface area contributed by atoms with E-state index in [2.05, 4.69) is 15.9 Å². The number of aliphatic hydroxyl groups excluding tert-OH is 1. The first-order chi connectivity index (χ1) is 7.88. The van der Waals surface area contributed by atoms with Crippen molar-refractivity contribution < 1.29 is 15.1 Å². The molecule has 1 aromatic carbocycles. The molecule has 102 valence electrons. The van der Waals surface area contributed by atoms with Crippen molar-refractivity contribution in [2.75, 3.05) is 0 Å². The highest BCUT2D eigenvalue weighted by atomic mass is 79.9. The van der Waals surface area contributed by atoms with E-state index >= 15 is 0 Å². The fraction of sp³-hybridized carbons (Fsp3) is 0.400. The van der Waals surface area contributed by atoms with E-state index in [9.17, 15) is 20.3 Å². The third kappa shape index (κ3) is 3.55. The summed E-state index contributed by atoms with van der Waals surface area (Å²) in [6.07, 6.45) is -0.476. The highest BCUT2D eigenvalue weighted by Crippen LogP contribution is 2.36. The van der Waals surface area contributed by atoms with Gasteiger partial charge in [-0.05, 0) is 22.4 Å². The van der Waals surface area contributed by atoms with Gasteiger partial charge in [-0.2, -0.15) is 0 Å². The first kappa shape index (κ1) is 17.1. The summed E-state index contributed by atoms with van der Waals surface area (Å²) in [5.74, 6) is -0.185. The van der Waals surface area contributed by atoms with E-state index in [0.717, 1.165) is 0 Å². The number of phenolic OH excluding ortho intramolecular Hbond substituents is 1. The number of hydrogen-bond acceptors (Lipinski definition) is 5. The molecule has 6 nitrogen and oxygen atoms in total.